The van der Waals surface area contributed by atoms with Crippen molar-refractivity contribution >= 4 is 5.69 Å². The molecule has 0 radical (unpaired) electrons. The van der Waals surface area contributed by atoms with E-state index in [1.807, 2.05) is 0 Å². The standard InChI is InChI=1S/C20H27N/c1-11-8-9-12(2)18(13(11)3)10-19-14(4)16(6)20(21)17(7)15(19)5/h8-9H,10,21H2,1-7H3. The zero-order valence-corrected chi connectivity index (χ0v) is 14.4. The van der Waals surface area contributed by atoms with Crippen molar-refractivity contribution in [1.29, 1.82) is 0 Å². The summed E-state index contributed by atoms with van der Waals surface area (Å²) in [7, 11) is 0. The summed E-state index contributed by atoms with van der Waals surface area (Å²) in [5.74, 6) is 0. The predicted molar refractivity (Wildman–Crippen MR) is 93.3 cm³/mol. The summed E-state index contributed by atoms with van der Waals surface area (Å²) in [5, 5.41) is 0. The van der Waals surface area contributed by atoms with Crippen LogP contribution in [-0.4, -0.2) is 0 Å². The number of nitrogens with two attached hydrogens (primary N) is 1. The molecule has 0 bridgehead atoms. The van der Waals surface area contributed by atoms with Crippen molar-refractivity contribution in [3.05, 3.63) is 62.2 Å². The van der Waals surface area contributed by atoms with Crippen LogP contribution >= 0.6 is 0 Å². The van der Waals surface area contributed by atoms with Gasteiger partial charge in [-0.2, -0.15) is 0 Å². The molecule has 112 valence electrons. The molecule has 2 aromatic carbocycles. The lowest BCUT2D eigenvalue weighted by Crippen LogP contribution is -2.07. The summed E-state index contributed by atoms with van der Waals surface area (Å²) in [6.45, 7) is 15.3. The van der Waals surface area contributed by atoms with Crippen molar-refractivity contribution in [2.24, 2.45) is 0 Å². The van der Waals surface area contributed by atoms with Crippen molar-refractivity contribution in [2.75, 3.05) is 5.73 Å². The fourth-order valence-electron chi connectivity index (χ4n) is 3.14. The van der Waals surface area contributed by atoms with Crippen molar-refractivity contribution in [3.8, 4) is 0 Å². The molecule has 0 saturated heterocycles. The molecule has 2 aromatic rings. The minimum Gasteiger partial charge on any atom is -0.398 e. The molecule has 0 aliphatic carbocycles. The second-order valence-electron chi connectivity index (χ2n) is 6.37. The number of aryl methyl sites for hydroxylation is 2. The lowest BCUT2D eigenvalue weighted by Gasteiger charge is -2.20. The van der Waals surface area contributed by atoms with Gasteiger partial charge in [0.1, 0.15) is 0 Å². The summed E-state index contributed by atoms with van der Waals surface area (Å²) in [4.78, 5) is 0. The quantitative estimate of drug-likeness (QED) is 0.769. The lowest BCUT2D eigenvalue weighted by atomic mass is 9.86. The van der Waals surface area contributed by atoms with E-state index in [1.165, 1.54) is 50.1 Å². The average molecular weight is 281 g/mol. The Morgan fingerprint density at radius 3 is 1.62 bits per heavy atom. The highest BCUT2D eigenvalue weighted by atomic mass is 14.6. The van der Waals surface area contributed by atoms with E-state index in [0.29, 0.717) is 0 Å². The molecule has 1 heteroatoms. The smallest absolute Gasteiger partial charge is 0.0378 e. The van der Waals surface area contributed by atoms with Gasteiger partial charge in [-0.25, -0.2) is 0 Å². The van der Waals surface area contributed by atoms with Gasteiger partial charge in [0.15, 0.2) is 0 Å². The Bertz CT molecular complexity index is 680. The Labute approximate surface area is 129 Å². The SMILES string of the molecule is Cc1ccc(C)c(Cc2c(C)c(C)c(N)c(C)c2C)c1C. The number of hydrogen-bond acceptors (Lipinski definition) is 1. The van der Waals surface area contributed by atoms with Gasteiger partial charge in [-0.1, -0.05) is 12.1 Å². The molecule has 0 spiro atoms. The molecule has 0 unspecified atom stereocenters. The zero-order valence-electron chi connectivity index (χ0n) is 14.4. The number of anilines is 1. The first-order valence-corrected chi connectivity index (χ1v) is 7.66. The summed E-state index contributed by atoms with van der Waals surface area (Å²) in [6, 6.07) is 4.45. The maximum atomic E-state index is 6.23. The first kappa shape index (κ1) is 15.6. The van der Waals surface area contributed by atoms with Gasteiger partial charge in [-0.15, -0.1) is 0 Å². The fraction of sp³-hybridized carbons (Fsp3) is 0.400. The number of hydrogen-bond donors (Lipinski definition) is 1. The van der Waals surface area contributed by atoms with Gasteiger partial charge in [0, 0.05) is 5.69 Å². The van der Waals surface area contributed by atoms with E-state index in [9.17, 15) is 0 Å². The van der Waals surface area contributed by atoms with Crippen LogP contribution in [0.25, 0.3) is 0 Å². The molecule has 2 rings (SSSR count). The van der Waals surface area contributed by atoms with Crippen LogP contribution in [0, 0.1) is 48.5 Å². The van der Waals surface area contributed by atoms with E-state index in [4.69, 9.17) is 5.73 Å². The molecule has 0 aliphatic rings. The summed E-state index contributed by atoms with van der Waals surface area (Å²) >= 11 is 0. The van der Waals surface area contributed by atoms with E-state index >= 15 is 0 Å². The Morgan fingerprint density at radius 2 is 1.10 bits per heavy atom. The Balaban J connectivity index is 2.64. The molecule has 0 atom stereocenters. The largest absolute Gasteiger partial charge is 0.398 e. The van der Waals surface area contributed by atoms with Gasteiger partial charge in [0.25, 0.3) is 0 Å². The van der Waals surface area contributed by atoms with E-state index in [0.717, 1.165) is 12.1 Å². The maximum Gasteiger partial charge on any atom is 0.0378 e. The molecule has 2 N–H and O–H groups in total. The van der Waals surface area contributed by atoms with Crippen LogP contribution in [0.3, 0.4) is 0 Å². The van der Waals surface area contributed by atoms with Gasteiger partial charge in [-0.3, -0.25) is 0 Å². The molecule has 0 aromatic heterocycles. The van der Waals surface area contributed by atoms with E-state index in [1.54, 1.807) is 0 Å². The van der Waals surface area contributed by atoms with Gasteiger partial charge < -0.3 is 5.73 Å². The van der Waals surface area contributed by atoms with Crippen LogP contribution in [0.15, 0.2) is 12.1 Å². The van der Waals surface area contributed by atoms with Gasteiger partial charge in [-0.05, 0) is 105 Å². The third-order valence-electron chi connectivity index (χ3n) is 5.30. The molecular formula is C20H27N. The van der Waals surface area contributed by atoms with Crippen LogP contribution in [0.5, 0.6) is 0 Å². The second kappa shape index (κ2) is 5.55. The number of nitrogen functional groups attached to an aromatic ring is 1. The third-order valence-corrected chi connectivity index (χ3v) is 5.30. The lowest BCUT2D eigenvalue weighted by molar-refractivity contribution is 1.05. The Morgan fingerprint density at radius 1 is 0.619 bits per heavy atom. The molecular weight excluding hydrogens is 254 g/mol. The van der Waals surface area contributed by atoms with Crippen molar-refractivity contribution in [1.82, 2.24) is 0 Å². The van der Waals surface area contributed by atoms with Crippen molar-refractivity contribution in [2.45, 2.75) is 54.9 Å². The van der Waals surface area contributed by atoms with E-state index < -0.39 is 0 Å². The number of benzene rings is 2. The normalized spacial score (nSPS) is 11.0. The van der Waals surface area contributed by atoms with Crippen molar-refractivity contribution < 1.29 is 0 Å². The minimum atomic E-state index is 0.950. The molecule has 0 amide bonds. The average Bonchev–Trinajstić information content (AvgIpc) is 2.46. The number of rotatable bonds is 2. The Hall–Kier alpha value is -1.76. The first-order chi connectivity index (χ1) is 9.75. The highest BCUT2D eigenvalue weighted by Gasteiger charge is 2.15. The first-order valence-electron chi connectivity index (χ1n) is 7.66. The topological polar surface area (TPSA) is 26.0 Å². The van der Waals surface area contributed by atoms with E-state index in [-0.39, 0.29) is 0 Å². The predicted octanol–water partition coefficient (Wildman–Crippen LogP) is 5.02. The molecule has 0 aliphatic heterocycles. The monoisotopic (exact) mass is 281 g/mol. The van der Waals surface area contributed by atoms with Crippen LogP contribution in [0.4, 0.5) is 5.69 Å². The van der Waals surface area contributed by atoms with Gasteiger partial charge in [0.05, 0.1) is 0 Å². The Kier molecular flexibility index (Phi) is 4.13. The molecule has 1 nitrogen and oxygen atoms in total. The van der Waals surface area contributed by atoms with Crippen LogP contribution < -0.4 is 5.73 Å². The zero-order chi connectivity index (χ0) is 15.9. The highest BCUT2D eigenvalue weighted by molar-refractivity contribution is 5.63. The highest BCUT2D eigenvalue weighted by Crippen LogP contribution is 2.31. The van der Waals surface area contributed by atoms with Gasteiger partial charge in [0.2, 0.25) is 0 Å². The fourth-order valence-corrected chi connectivity index (χ4v) is 3.14. The molecule has 21 heavy (non-hydrogen) atoms. The van der Waals surface area contributed by atoms with Crippen LogP contribution in [-0.2, 0) is 6.42 Å². The van der Waals surface area contributed by atoms with Crippen molar-refractivity contribution in [3.63, 3.8) is 0 Å². The maximum absolute atomic E-state index is 6.23. The van der Waals surface area contributed by atoms with E-state index in [2.05, 4.69) is 60.6 Å². The van der Waals surface area contributed by atoms with Gasteiger partial charge >= 0.3 is 0 Å². The van der Waals surface area contributed by atoms with Crippen LogP contribution in [0.1, 0.15) is 50.1 Å². The molecule has 0 heterocycles. The molecule has 0 saturated carbocycles. The third kappa shape index (κ3) is 2.57. The summed E-state index contributed by atoms with van der Waals surface area (Å²) in [5.41, 5.74) is 19.4. The van der Waals surface area contributed by atoms with Crippen LogP contribution in [0.2, 0.25) is 0 Å². The summed E-state index contributed by atoms with van der Waals surface area (Å²) in [6.07, 6.45) is 0.999. The second-order valence-corrected chi connectivity index (χ2v) is 6.37. The molecule has 0 fully saturated rings. The summed E-state index contributed by atoms with van der Waals surface area (Å²) < 4.78 is 0. The minimum absolute atomic E-state index is 0.950.